The van der Waals surface area contributed by atoms with E-state index in [9.17, 15) is 9.90 Å². The summed E-state index contributed by atoms with van der Waals surface area (Å²) in [5.41, 5.74) is 3.33. The van der Waals surface area contributed by atoms with E-state index < -0.39 is 5.38 Å². The second kappa shape index (κ2) is 6.30. The zero-order chi connectivity index (χ0) is 17.6. The van der Waals surface area contributed by atoms with Gasteiger partial charge in [-0.05, 0) is 53.8 Å². The molecule has 24 heavy (non-hydrogen) atoms. The highest BCUT2D eigenvalue weighted by molar-refractivity contribution is 6.37. The maximum absolute atomic E-state index is 12.4. The number of hydrogen-bond acceptors (Lipinski definition) is 2. The van der Waals surface area contributed by atoms with Gasteiger partial charge in [-0.15, -0.1) is 11.6 Å². The molecule has 2 unspecified atom stereocenters. The molecule has 1 aliphatic rings. The highest BCUT2D eigenvalue weighted by Crippen LogP contribution is 2.45. The number of benzene rings is 2. The second-order valence-electron chi connectivity index (χ2n) is 6.46. The molecule has 0 bridgehead atoms. The van der Waals surface area contributed by atoms with E-state index in [1.807, 2.05) is 45.0 Å². The van der Waals surface area contributed by atoms with Gasteiger partial charge in [0, 0.05) is 10.7 Å². The first-order valence-corrected chi connectivity index (χ1v) is 8.68. The van der Waals surface area contributed by atoms with Gasteiger partial charge in [-0.25, -0.2) is 0 Å². The molecule has 2 aromatic carbocycles. The Morgan fingerprint density at radius 3 is 2.54 bits per heavy atom. The zero-order valence-corrected chi connectivity index (χ0v) is 15.3. The van der Waals surface area contributed by atoms with Crippen LogP contribution in [0.5, 0.6) is 5.75 Å². The molecule has 1 aliphatic heterocycles. The minimum Gasteiger partial charge on any atom is -0.508 e. The summed E-state index contributed by atoms with van der Waals surface area (Å²) in [7, 11) is 0. The molecule has 2 atom stereocenters. The third-order valence-electron chi connectivity index (χ3n) is 4.45. The molecule has 0 aliphatic carbocycles. The monoisotopic (exact) mass is 363 g/mol. The fraction of sp³-hybridized carbons (Fsp3) is 0.316. The van der Waals surface area contributed by atoms with Gasteiger partial charge in [0.05, 0.1) is 6.04 Å². The minimum atomic E-state index is -0.612. The Bertz CT molecular complexity index is 804. The van der Waals surface area contributed by atoms with Crippen LogP contribution in [-0.4, -0.2) is 16.4 Å². The molecule has 0 saturated carbocycles. The molecule has 0 aromatic heterocycles. The zero-order valence-electron chi connectivity index (χ0n) is 13.8. The average molecular weight is 364 g/mol. The molecule has 3 nitrogen and oxygen atoms in total. The van der Waals surface area contributed by atoms with Crippen LogP contribution in [0.15, 0.2) is 36.4 Å². The third kappa shape index (κ3) is 2.76. The molecule has 1 saturated heterocycles. The van der Waals surface area contributed by atoms with Crippen molar-refractivity contribution < 1.29 is 9.90 Å². The number of carbonyl (C=O) groups is 1. The molecule has 2 aromatic rings. The van der Waals surface area contributed by atoms with E-state index >= 15 is 0 Å². The van der Waals surface area contributed by atoms with Crippen molar-refractivity contribution in [2.75, 3.05) is 4.90 Å². The summed E-state index contributed by atoms with van der Waals surface area (Å²) in [6.07, 6.45) is 0. The summed E-state index contributed by atoms with van der Waals surface area (Å²) < 4.78 is 0. The number of β-lactam (4-membered cyclic amide) rings is 1. The molecular weight excluding hydrogens is 345 g/mol. The highest BCUT2D eigenvalue weighted by Gasteiger charge is 2.48. The Balaban J connectivity index is 2.07. The molecule has 0 spiro atoms. The van der Waals surface area contributed by atoms with Crippen LogP contribution >= 0.6 is 23.2 Å². The van der Waals surface area contributed by atoms with Crippen molar-refractivity contribution in [2.24, 2.45) is 0 Å². The predicted octanol–water partition coefficient (Wildman–Crippen LogP) is 5.17. The SMILES string of the molecule is Cc1cc(O)c(C(C)C)cc1N1C(=O)C(Cl)C1c1cccc(Cl)c1. The number of anilines is 1. The number of hydrogen-bond donors (Lipinski definition) is 1. The largest absolute Gasteiger partial charge is 0.508 e. The molecule has 1 N–H and O–H groups in total. The first-order valence-electron chi connectivity index (χ1n) is 7.87. The summed E-state index contributed by atoms with van der Waals surface area (Å²) in [5.74, 6) is 0.267. The lowest BCUT2D eigenvalue weighted by Crippen LogP contribution is -2.56. The summed E-state index contributed by atoms with van der Waals surface area (Å²) >= 11 is 12.4. The van der Waals surface area contributed by atoms with E-state index in [4.69, 9.17) is 23.2 Å². The van der Waals surface area contributed by atoms with Gasteiger partial charge in [0.1, 0.15) is 11.1 Å². The number of halogens is 2. The molecule has 1 heterocycles. The van der Waals surface area contributed by atoms with E-state index in [-0.39, 0.29) is 23.6 Å². The fourth-order valence-corrected chi connectivity index (χ4v) is 3.71. The summed E-state index contributed by atoms with van der Waals surface area (Å²) in [4.78, 5) is 14.1. The lowest BCUT2D eigenvalue weighted by molar-refractivity contribution is -0.123. The number of amides is 1. The van der Waals surface area contributed by atoms with Gasteiger partial charge in [-0.3, -0.25) is 4.79 Å². The number of aryl methyl sites for hydroxylation is 1. The maximum Gasteiger partial charge on any atom is 0.248 e. The van der Waals surface area contributed by atoms with Crippen LogP contribution in [0.1, 0.15) is 42.5 Å². The molecule has 5 heteroatoms. The van der Waals surface area contributed by atoms with Crippen molar-refractivity contribution >= 4 is 34.8 Å². The number of aromatic hydroxyl groups is 1. The standard InChI is InChI=1S/C19H19Cl2NO2/c1-10(2)14-9-15(11(3)7-16(14)23)22-18(17(21)19(22)24)12-5-4-6-13(20)8-12/h4-10,17-18,23H,1-3H3. The van der Waals surface area contributed by atoms with Crippen LogP contribution in [0.4, 0.5) is 5.69 Å². The summed E-state index contributed by atoms with van der Waals surface area (Å²) in [5, 5.41) is 10.1. The van der Waals surface area contributed by atoms with Gasteiger partial charge >= 0.3 is 0 Å². The van der Waals surface area contributed by atoms with Crippen LogP contribution in [0.2, 0.25) is 5.02 Å². The Morgan fingerprint density at radius 1 is 1.21 bits per heavy atom. The molecule has 3 rings (SSSR count). The van der Waals surface area contributed by atoms with Crippen molar-refractivity contribution in [3.63, 3.8) is 0 Å². The van der Waals surface area contributed by atoms with Crippen molar-refractivity contribution in [3.8, 4) is 5.75 Å². The molecule has 0 radical (unpaired) electrons. The molecule has 1 amide bonds. The van der Waals surface area contributed by atoms with E-state index in [1.165, 1.54) is 0 Å². The van der Waals surface area contributed by atoms with E-state index in [2.05, 4.69) is 0 Å². The highest BCUT2D eigenvalue weighted by atomic mass is 35.5. The quantitative estimate of drug-likeness (QED) is 0.603. The fourth-order valence-electron chi connectivity index (χ4n) is 3.15. The van der Waals surface area contributed by atoms with E-state index in [0.717, 1.165) is 22.4 Å². The number of carbonyl (C=O) groups excluding carboxylic acids is 1. The molecule has 1 fully saturated rings. The Kier molecular flexibility index (Phi) is 4.50. The van der Waals surface area contributed by atoms with Gasteiger partial charge in [-0.1, -0.05) is 37.6 Å². The normalized spacial score (nSPS) is 20.4. The lowest BCUT2D eigenvalue weighted by atomic mass is 9.90. The third-order valence-corrected chi connectivity index (χ3v) is 5.11. The lowest BCUT2D eigenvalue weighted by Gasteiger charge is -2.45. The average Bonchev–Trinajstić information content (AvgIpc) is 2.52. The van der Waals surface area contributed by atoms with Crippen LogP contribution in [-0.2, 0) is 4.79 Å². The number of alkyl halides is 1. The predicted molar refractivity (Wildman–Crippen MR) is 98.3 cm³/mol. The second-order valence-corrected chi connectivity index (χ2v) is 7.37. The Hall–Kier alpha value is -1.71. The number of rotatable bonds is 3. The van der Waals surface area contributed by atoms with Crippen LogP contribution in [0.3, 0.4) is 0 Å². The van der Waals surface area contributed by atoms with Crippen molar-refractivity contribution in [1.29, 1.82) is 0 Å². The van der Waals surface area contributed by atoms with Crippen molar-refractivity contribution in [2.45, 2.75) is 38.1 Å². The van der Waals surface area contributed by atoms with Crippen molar-refractivity contribution in [3.05, 3.63) is 58.1 Å². The van der Waals surface area contributed by atoms with Gasteiger partial charge < -0.3 is 10.0 Å². The Morgan fingerprint density at radius 2 is 1.92 bits per heavy atom. The van der Waals surface area contributed by atoms with Crippen LogP contribution in [0.25, 0.3) is 0 Å². The van der Waals surface area contributed by atoms with E-state index in [1.54, 1.807) is 17.0 Å². The number of nitrogens with zero attached hydrogens (tertiary/aromatic N) is 1. The Labute approximate surface area is 151 Å². The summed E-state index contributed by atoms with van der Waals surface area (Å²) in [6, 6.07) is 10.7. The summed E-state index contributed by atoms with van der Waals surface area (Å²) in [6.45, 7) is 5.89. The topological polar surface area (TPSA) is 40.5 Å². The first kappa shape index (κ1) is 17.1. The smallest absolute Gasteiger partial charge is 0.248 e. The maximum atomic E-state index is 12.4. The number of phenolic OH excluding ortho intramolecular Hbond substituents is 1. The first-order chi connectivity index (χ1) is 11.3. The van der Waals surface area contributed by atoms with Gasteiger partial charge in [-0.2, -0.15) is 0 Å². The van der Waals surface area contributed by atoms with E-state index in [0.29, 0.717) is 5.02 Å². The molecular formula is C19H19Cl2NO2. The van der Waals surface area contributed by atoms with Crippen LogP contribution < -0.4 is 4.90 Å². The van der Waals surface area contributed by atoms with Crippen molar-refractivity contribution in [1.82, 2.24) is 0 Å². The van der Waals surface area contributed by atoms with Gasteiger partial charge in [0.15, 0.2) is 0 Å². The minimum absolute atomic E-state index is 0.134. The van der Waals surface area contributed by atoms with Gasteiger partial charge in [0.25, 0.3) is 0 Å². The molecule has 126 valence electrons. The number of phenols is 1. The van der Waals surface area contributed by atoms with Gasteiger partial charge in [0.2, 0.25) is 5.91 Å². The van der Waals surface area contributed by atoms with Crippen LogP contribution in [0, 0.1) is 6.92 Å².